The molecule has 0 spiro atoms. The summed E-state index contributed by atoms with van der Waals surface area (Å²) in [7, 11) is 0. The molecule has 1 aliphatic heterocycles. The Kier molecular flexibility index (Phi) is 5.31. The van der Waals surface area contributed by atoms with E-state index in [9.17, 15) is 4.79 Å². The van der Waals surface area contributed by atoms with Crippen molar-refractivity contribution in [3.63, 3.8) is 0 Å². The van der Waals surface area contributed by atoms with Crippen LogP contribution in [0.25, 0.3) is 0 Å². The molecule has 0 aliphatic carbocycles. The van der Waals surface area contributed by atoms with E-state index in [0.717, 1.165) is 29.2 Å². The van der Waals surface area contributed by atoms with Crippen molar-refractivity contribution in [3.05, 3.63) is 21.4 Å². The molecule has 0 fully saturated rings. The van der Waals surface area contributed by atoms with Crippen molar-refractivity contribution in [2.45, 2.75) is 25.5 Å². The third-order valence-corrected chi connectivity index (χ3v) is 5.33. The van der Waals surface area contributed by atoms with Gasteiger partial charge in [-0.05, 0) is 30.2 Å². The Morgan fingerprint density at radius 3 is 3.05 bits per heavy atom. The number of thiophene rings is 1. The summed E-state index contributed by atoms with van der Waals surface area (Å²) in [5.74, 6) is 2.16. The quantitative estimate of drug-likeness (QED) is 0.378. The number of aryl methyl sites for hydroxylation is 1. The highest BCUT2D eigenvalue weighted by molar-refractivity contribution is 7.98. The highest BCUT2D eigenvalue weighted by Crippen LogP contribution is 2.32. The fourth-order valence-electron chi connectivity index (χ4n) is 2.16. The maximum absolute atomic E-state index is 12.5. The minimum absolute atomic E-state index is 0.0251. The Labute approximate surface area is 126 Å². The van der Waals surface area contributed by atoms with E-state index in [1.165, 1.54) is 10.4 Å². The molecule has 1 aromatic rings. The standard InChI is InChI=1S/C13H19N3O2S2/c1-2-4-16(7-12(14)15-18)13(17)11-6-9-8-19-5-3-10(9)20-11/h6,18H,2-5,7-8H2,1H3,(H2,14,15). The molecular weight excluding hydrogens is 294 g/mol. The van der Waals surface area contributed by atoms with Gasteiger partial charge in [0.05, 0.1) is 11.4 Å². The normalized spacial score (nSPS) is 14.9. The maximum Gasteiger partial charge on any atom is 0.264 e. The molecule has 0 aromatic carbocycles. The summed E-state index contributed by atoms with van der Waals surface area (Å²) in [6, 6.07) is 2.00. The van der Waals surface area contributed by atoms with Gasteiger partial charge in [-0.2, -0.15) is 11.8 Å². The maximum atomic E-state index is 12.5. The van der Waals surface area contributed by atoms with E-state index >= 15 is 0 Å². The number of carbonyl (C=O) groups is 1. The number of amidine groups is 1. The van der Waals surface area contributed by atoms with Gasteiger partial charge < -0.3 is 15.8 Å². The third kappa shape index (κ3) is 3.46. The van der Waals surface area contributed by atoms with E-state index in [2.05, 4.69) is 5.16 Å². The highest BCUT2D eigenvalue weighted by atomic mass is 32.2. The number of rotatable bonds is 5. The van der Waals surface area contributed by atoms with Gasteiger partial charge in [0.25, 0.3) is 5.91 Å². The lowest BCUT2D eigenvalue weighted by atomic mass is 10.2. The predicted octanol–water partition coefficient (Wildman–Crippen LogP) is 2.14. The second-order valence-corrected chi connectivity index (χ2v) is 6.92. The van der Waals surface area contributed by atoms with Crippen LogP contribution in [0.15, 0.2) is 11.2 Å². The lowest BCUT2D eigenvalue weighted by Gasteiger charge is -2.20. The Balaban J connectivity index is 2.16. The smallest absolute Gasteiger partial charge is 0.264 e. The summed E-state index contributed by atoms with van der Waals surface area (Å²) in [6.07, 6.45) is 1.89. The molecule has 7 heteroatoms. The van der Waals surface area contributed by atoms with Crippen molar-refractivity contribution in [1.82, 2.24) is 4.90 Å². The zero-order chi connectivity index (χ0) is 14.5. The molecule has 20 heavy (non-hydrogen) atoms. The molecule has 1 aliphatic rings. The van der Waals surface area contributed by atoms with Crippen molar-refractivity contribution in [3.8, 4) is 0 Å². The van der Waals surface area contributed by atoms with Gasteiger partial charge in [0.1, 0.15) is 0 Å². The van der Waals surface area contributed by atoms with Gasteiger partial charge >= 0.3 is 0 Å². The fourth-order valence-corrected chi connectivity index (χ4v) is 4.50. The summed E-state index contributed by atoms with van der Waals surface area (Å²) in [4.78, 5) is 16.3. The van der Waals surface area contributed by atoms with E-state index in [4.69, 9.17) is 10.9 Å². The lowest BCUT2D eigenvalue weighted by Crippen LogP contribution is -2.38. The molecule has 5 nitrogen and oxygen atoms in total. The Hall–Kier alpha value is -1.21. The minimum Gasteiger partial charge on any atom is -0.409 e. The first kappa shape index (κ1) is 15.2. The zero-order valence-electron chi connectivity index (χ0n) is 11.5. The van der Waals surface area contributed by atoms with Crippen LogP contribution in [-0.4, -0.2) is 40.7 Å². The van der Waals surface area contributed by atoms with Crippen molar-refractivity contribution < 1.29 is 10.0 Å². The van der Waals surface area contributed by atoms with Gasteiger partial charge in [-0.3, -0.25) is 4.79 Å². The van der Waals surface area contributed by atoms with E-state index in [1.54, 1.807) is 16.2 Å². The van der Waals surface area contributed by atoms with Gasteiger partial charge in [-0.1, -0.05) is 12.1 Å². The monoisotopic (exact) mass is 313 g/mol. The summed E-state index contributed by atoms with van der Waals surface area (Å²) in [5.41, 5.74) is 6.81. The Morgan fingerprint density at radius 2 is 2.40 bits per heavy atom. The first-order chi connectivity index (χ1) is 9.65. The molecule has 0 unspecified atom stereocenters. The second-order valence-electron chi connectivity index (χ2n) is 4.68. The number of nitrogens with two attached hydrogens (primary N) is 1. The minimum atomic E-state index is -0.0251. The molecule has 0 bridgehead atoms. The highest BCUT2D eigenvalue weighted by Gasteiger charge is 2.22. The number of carbonyl (C=O) groups excluding carboxylic acids is 1. The summed E-state index contributed by atoms with van der Waals surface area (Å²) < 4.78 is 0. The van der Waals surface area contributed by atoms with Crippen molar-refractivity contribution in [2.24, 2.45) is 10.9 Å². The molecule has 0 radical (unpaired) electrons. The molecule has 2 rings (SSSR count). The van der Waals surface area contributed by atoms with Crippen LogP contribution in [0, 0.1) is 0 Å². The Morgan fingerprint density at radius 1 is 1.60 bits per heavy atom. The number of thioether (sulfide) groups is 1. The van der Waals surface area contributed by atoms with E-state index in [0.29, 0.717) is 6.54 Å². The average molecular weight is 313 g/mol. The average Bonchev–Trinajstić information content (AvgIpc) is 2.89. The van der Waals surface area contributed by atoms with Crippen LogP contribution in [-0.2, 0) is 12.2 Å². The first-order valence-corrected chi connectivity index (χ1v) is 8.57. The van der Waals surface area contributed by atoms with Crippen LogP contribution in [0.2, 0.25) is 0 Å². The molecule has 3 N–H and O–H groups in total. The number of oxime groups is 1. The van der Waals surface area contributed by atoms with Gasteiger partial charge in [0, 0.05) is 17.2 Å². The predicted molar refractivity (Wildman–Crippen MR) is 83.8 cm³/mol. The molecule has 0 saturated carbocycles. The summed E-state index contributed by atoms with van der Waals surface area (Å²) in [6.45, 7) is 2.77. The van der Waals surface area contributed by atoms with Gasteiger partial charge in [0.15, 0.2) is 5.84 Å². The molecule has 110 valence electrons. The van der Waals surface area contributed by atoms with Crippen LogP contribution in [0.4, 0.5) is 0 Å². The number of amides is 1. The Bertz CT molecular complexity index is 490. The van der Waals surface area contributed by atoms with Crippen LogP contribution in [0.3, 0.4) is 0 Å². The van der Waals surface area contributed by atoms with Crippen LogP contribution >= 0.6 is 23.1 Å². The van der Waals surface area contributed by atoms with Crippen molar-refractivity contribution in [2.75, 3.05) is 18.8 Å². The lowest BCUT2D eigenvalue weighted by molar-refractivity contribution is 0.0783. The number of hydrogen-bond acceptors (Lipinski definition) is 5. The fraction of sp³-hybridized carbons (Fsp3) is 0.538. The van der Waals surface area contributed by atoms with Gasteiger partial charge in [-0.15, -0.1) is 11.3 Å². The molecule has 0 atom stereocenters. The zero-order valence-corrected chi connectivity index (χ0v) is 13.1. The third-order valence-electron chi connectivity index (χ3n) is 3.10. The molecular formula is C13H19N3O2S2. The number of hydrogen-bond donors (Lipinski definition) is 2. The van der Waals surface area contributed by atoms with Crippen LogP contribution in [0.5, 0.6) is 0 Å². The number of nitrogens with zero attached hydrogens (tertiary/aromatic N) is 2. The molecule has 2 heterocycles. The first-order valence-electron chi connectivity index (χ1n) is 6.60. The molecule has 1 amide bonds. The van der Waals surface area contributed by atoms with Crippen LogP contribution < -0.4 is 5.73 Å². The van der Waals surface area contributed by atoms with Crippen LogP contribution in [0.1, 0.15) is 33.5 Å². The summed E-state index contributed by atoms with van der Waals surface area (Å²) >= 11 is 3.49. The number of fused-ring (bicyclic) bond motifs is 1. The van der Waals surface area contributed by atoms with E-state index < -0.39 is 0 Å². The van der Waals surface area contributed by atoms with Gasteiger partial charge in [-0.25, -0.2) is 0 Å². The van der Waals surface area contributed by atoms with Crippen molar-refractivity contribution in [1.29, 1.82) is 0 Å². The summed E-state index contributed by atoms with van der Waals surface area (Å²) in [5, 5.41) is 11.6. The van der Waals surface area contributed by atoms with E-state index in [-0.39, 0.29) is 18.3 Å². The molecule has 1 aromatic heterocycles. The SMILES string of the molecule is CCCN(CC(N)=NO)C(=O)c1cc2c(s1)CCSC2. The van der Waals surface area contributed by atoms with E-state index in [1.807, 2.05) is 24.8 Å². The largest absolute Gasteiger partial charge is 0.409 e. The topological polar surface area (TPSA) is 78.9 Å². The van der Waals surface area contributed by atoms with Gasteiger partial charge in [0.2, 0.25) is 0 Å². The second kappa shape index (κ2) is 6.99. The van der Waals surface area contributed by atoms with Crippen molar-refractivity contribution >= 4 is 34.8 Å². The molecule has 0 saturated heterocycles.